The van der Waals surface area contributed by atoms with Gasteiger partial charge in [0.25, 0.3) is 11.8 Å². The molecule has 2 aromatic rings. The highest BCUT2D eigenvalue weighted by Crippen LogP contribution is 2.44. The first-order valence-corrected chi connectivity index (χ1v) is 10.2. The van der Waals surface area contributed by atoms with Crippen LogP contribution in [-0.4, -0.2) is 62.0 Å². The van der Waals surface area contributed by atoms with Gasteiger partial charge in [0.05, 0.1) is 12.8 Å². The summed E-state index contributed by atoms with van der Waals surface area (Å²) >= 11 is 0. The Kier molecular flexibility index (Phi) is 4.62. The molecule has 0 spiro atoms. The van der Waals surface area contributed by atoms with Gasteiger partial charge in [0.15, 0.2) is 6.61 Å². The molecule has 2 fully saturated rings. The van der Waals surface area contributed by atoms with E-state index < -0.39 is 0 Å². The maximum absolute atomic E-state index is 13.2. The molecule has 3 heterocycles. The average Bonchev–Trinajstić information content (AvgIpc) is 3.29. The zero-order valence-electron chi connectivity index (χ0n) is 17.1. The van der Waals surface area contributed by atoms with Gasteiger partial charge >= 0.3 is 0 Å². The Balaban J connectivity index is 1.33. The maximum atomic E-state index is 13.2. The molecule has 7 heteroatoms. The summed E-state index contributed by atoms with van der Waals surface area (Å²) in [6.07, 6.45) is 0. The third kappa shape index (κ3) is 3.19. The number of carbonyl (C=O) groups is 2. The number of amides is 2. The minimum Gasteiger partial charge on any atom is -0.497 e. The molecular weight excluding hydrogens is 382 g/mol. The predicted molar refractivity (Wildman–Crippen MR) is 112 cm³/mol. The Hall–Kier alpha value is -3.06. The number of ether oxygens (including phenoxy) is 2. The van der Waals surface area contributed by atoms with Crippen molar-refractivity contribution in [3.8, 4) is 11.5 Å². The van der Waals surface area contributed by atoms with Crippen LogP contribution in [0.25, 0.3) is 0 Å². The molecule has 30 heavy (non-hydrogen) atoms. The number of nitrogens with zero attached hydrogens (tertiary/aromatic N) is 2. The van der Waals surface area contributed by atoms with Crippen molar-refractivity contribution in [2.24, 2.45) is 11.8 Å². The Bertz CT molecular complexity index is 990. The largest absolute Gasteiger partial charge is 0.497 e. The molecule has 0 aromatic heterocycles. The predicted octanol–water partition coefficient (Wildman–Crippen LogP) is 2.40. The van der Waals surface area contributed by atoms with Crippen LogP contribution in [0.15, 0.2) is 42.5 Å². The molecule has 2 saturated heterocycles. The summed E-state index contributed by atoms with van der Waals surface area (Å²) in [4.78, 5) is 29.0. The number of carbonyl (C=O) groups excluding carboxylic acids is 2. The van der Waals surface area contributed by atoms with Crippen LogP contribution in [-0.2, 0) is 4.79 Å². The number of benzene rings is 2. The van der Waals surface area contributed by atoms with E-state index in [2.05, 4.69) is 29.4 Å². The molecule has 0 saturated carbocycles. The summed E-state index contributed by atoms with van der Waals surface area (Å²) in [7, 11) is 3.83. The van der Waals surface area contributed by atoms with E-state index in [4.69, 9.17) is 9.47 Å². The molecule has 5 rings (SSSR count). The topological polar surface area (TPSA) is 71.1 Å². The molecule has 1 N–H and O–H groups in total. The van der Waals surface area contributed by atoms with Gasteiger partial charge in [-0.15, -0.1) is 0 Å². The molecule has 2 amide bonds. The Morgan fingerprint density at radius 1 is 1.13 bits per heavy atom. The van der Waals surface area contributed by atoms with Crippen LogP contribution < -0.4 is 14.8 Å². The van der Waals surface area contributed by atoms with Gasteiger partial charge in [-0.2, -0.15) is 0 Å². The second kappa shape index (κ2) is 7.32. The van der Waals surface area contributed by atoms with Crippen LogP contribution in [0, 0.1) is 11.8 Å². The number of fused-ring (bicyclic) bond motifs is 2. The molecule has 0 unspecified atom stereocenters. The highest BCUT2D eigenvalue weighted by Gasteiger charge is 2.47. The van der Waals surface area contributed by atoms with Crippen molar-refractivity contribution >= 4 is 17.5 Å². The zero-order chi connectivity index (χ0) is 20.8. The van der Waals surface area contributed by atoms with E-state index in [-0.39, 0.29) is 18.4 Å². The van der Waals surface area contributed by atoms with Crippen molar-refractivity contribution in [1.29, 1.82) is 0 Å². The van der Waals surface area contributed by atoms with Crippen molar-refractivity contribution in [2.45, 2.75) is 6.04 Å². The summed E-state index contributed by atoms with van der Waals surface area (Å²) in [5.41, 5.74) is 2.47. The first-order valence-electron chi connectivity index (χ1n) is 10.2. The van der Waals surface area contributed by atoms with Gasteiger partial charge in [0.1, 0.15) is 11.5 Å². The van der Waals surface area contributed by atoms with Gasteiger partial charge in [-0.05, 0) is 48.9 Å². The number of hydrogen-bond donors (Lipinski definition) is 1. The van der Waals surface area contributed by atoms with E-state index >= 15 is 0 Å². The molecule has 3 atom stereocenters. The van der Waals surface area contributed by atoms with Crippen LogP contribution in [0.1, 0.15) is 22.0 Å². The highest BCUT2D eigenvalue weighted by molar-refractivity contribution is 5.99. The van der Waals surface area contributed by atoms with Crippen LogP contribution >= 0.6 is 0 Å². The minimum atomic E-state index is -0.178. The van der Waals surface area contributed by atoms with E-state index in [0.29, 0.717) is 34.9 Å². The summed E-state index contributed by atoms with van der Waals surface area (Å²) in [6.45, 7) is 2.45. The van der Waals surface area contributed by atoms with Crippen molar-refractivity contribution in [1.82, 2.24) is 9.80 Å². The second-order valence-corrected chi connectivity index (χ2v) is 8.34. The van der Waals surface area contributed by atoms with Crippen LogP contribution in [0.5, 0.6) is 11.5 Å². The van der Waals surface area contributed by atoms with Gasteiger partial charge in [-0.25, -0.2) is 0 Å². The lowest BCUT2D eigenvalue weighted by atomic mass is 9.89. The molecular formula is C23H25N3O4. The molecule has 0 radical (unpaired) electrons. The van der Waals surface area contributed by atoms with E-state index in [1.807, 2.05) is 17.0 Å². The van der Waals surface area contributed by atoms with E-state index in [1.54, 1.807) is 25.3 Å². The maximum Gasteiger partial charge on any atom is 0.262 e. The lowest BCUT2D eigenvalue weighted by Gasteiger charge is -2.27. The van der Waals surface area contributed by atoms with Crippen molar-refractivity contribution in [3.63, 3.8) is 0 Å². The summed E-state index contributed by atoms with van der Waals surface area (Å²) in [5.74, 6) is 2.10. The lowest BCUT2D eigenvalue weighted by Crippen LogP contribution is -2.33. The van der Waals surface area contributed by atoms with Crippen molar-refractivity contribution in [2.75, 3.05) is 45.7 Å². The number of anilines is 1. The third-order valence-electron chi connectivity index (χ3n) is 6.50. The molecule has 3 aliphatic heterocycles. The normalized spacial score (nSPS) is 25.3. The van der Waals surface area contributed by atoms with Crippen molar-refractivity contribution < 1.29 is 19.1 Å². The third-order valence-corrected chi connectivity index (χ3v) is 6.50. The van der Waals surface area contributed by atoms with E-state index in [1.165, 1.54) is 5.56 Å². The Labute approximate surface area is 175 Å². The molecule has 7 nitrogen and oxygen atoms in total. The SMILES string of the molecule is COc1ccc([C@@H]2[C@@H]3CN(C(=O)c4ccc5c(c4)OCC(=O)N5)C[C@@H]3CN2C)cc1. The molecule has 0 bridgehead atoms. The Morgan fingerprint density at radius 2 is 1.93 bits per heavy atom. The molecule has 3 aliphatic rings. The fourth-order valence-electron chi connectivity index (χ4n) is 5.12. The average molecular weight is 407 g/mol. The summed E-state index contributed by atoms with van der Waals surface area (Å²) < 4.78 is 10.8. The fourth-order valence-corrected chi connectivity index (χ4v) is 5.12. The second-order valence-electron chi connectivity index (χ2n) is 8.34. The van der Waals surface area contributed by atoms with Crippen molar-refractivity contribution in [3.05, 3.63) is 53.6 Å². The standard InChI is InChI=1S/C23H25N3O4/c1-25-10-16-11-26(12-18(16)22(25)14-3-6-17(29-2)7-4-14)23(28)15-5-8-19-20(9-15)30-13-21(27)24-19/h3-9,16,18,22H,10-13H2,1-2H3,(H,24,27)/t16-,18+,22+/m0/s1. The number of rotatable bonds is 3. The summed E-state index contributed by atoms with van der Waals surface area (Å²) in [5, 5.41) is 2.76. The molecule has 2 aromatic carbocycles. The fraction of sp³-hybridized carbons (Fsp3) is 0.391. The van der Waals surface area contributed by atoms with Crippen LogP contribution in [0.2, 0.25) is 0 Å². The first kappa shape index (κ1) is 18.9. The highest BCUT2D eigenvalue weighted by atomic mass is 16.5. The van der Waals surface area contributed by atoms with E-state index in [9.17, 15) is 9.59 Å². The molecule has 0 aliphatic carbocycles. The minimum absolute atomic E-state index is 0.0174. The molecule has 156 valence electrons. The van der Waals surface area contributed by atoms with Gasteiger partial charge in [0, 0.05) is 37.2 Å². The smallest absolute Gasteiger partial charge is 0.262 e. The Morgan fingerprint density at radius 3 is 2.70 bits per heavy atom. The van der Waals surface area contributed by atoms with Gasteiger partial charge in [-0.1, -0.05) is 12.1 Å². The van der Waals surface area contributed by atoms with Crippen LogP contribution in [0.3, 0.4) is 0 Å². The van der Waals surface area contributed by atoms with Gasteiger partial charge < -0.3 is 19.7 Å². The number of likely N-dealkylation sites (tertiary alicyclic amines) is 2. The quantitative estimate of drug-likeness (QED) is 0.846. The van der Waals surface area contributed by atoms with Gasteiger partial charge in [0.2, 0.25) is 0 Å². The van der Waals surface area contributed by atoms with Gasteiger partial charge in [-0.3, -0.25) is 14.5 Å². The van der Waals surface area contributed by atoms with Crippen LogP contribution in [0.4, 0.5) is 5.69 Å². The first-order chi connectivity index (χ1) is 14.5. The number of hydrogen-bond acceptors (Lipinski definition) is 5. The lowest BCUT2D eigenvalue weighted by molar-refractivity contribution is -0.118. The number of nitrogens with one attached hydrogen (secondary N) is 1. The van der Waals surface area contributed by atoms with E-state index in [0.717, 1.165) is 25.4 Å². The summed E-state index contributed by atoms with van der Waals surface area (Å²) in [6, 6.07) is 13.8. The monoisotopic (exact) mass is 407 g/mol. The number of methoxy groups -OCH3 is 1. The zero-order valence-corrected chi connectivity index (χ0v) is 17.1.